The first-order valence-electron chi connectivity index (χ1n) is 6.76. The van der Waals surface area contributed by atoms with Crippen LogP contribution in [0.3, 0.4) is 0 Å². The predicted molar refractivity (Wildman–Crippen MR) is 90.7 cm³/mol. The number of phenolic OH excluding ortho intramolecular Hbond substituents is 2. The molecule has 3 rings (SSSR count). The predicted octanol–water partition coefficient (Wildman–Crippen LogP) is 2.92. The van der Waals surface area contributed by atoms with E-state index in [0.717, 1.165) is 23.6 Å². The molecule has 0 spiro atoms. The highest BCUT2D eigenvalue weighted by molar-refractivity contribution is 8.18. The highest BCUT2D eigenvalue weighted by Gasteiger charge is 2.24. The lowest BCUT2D eigenvalue weighted by Gasteiger charge is -1.95. The summed E-state index contributed by atoms with van der Waals surface area (Å²) in [5.74, 6) is -0.0320. The number of aromatic hydroxyl groups is 2. The number of carbonyl (C=O) groups excluding carboxylic acids is 3. The minimum Gasteiger partial charge on any atom is -0.508 e. The van der Waals surface area contributed by atoms with Crippen LogP contribution < -0.4 is 5.32 Å². The molecule has 0 bridgehead atoms. The van der Waals surface area contributed by atoms with E-state index < -0.39 is 0 Å². The molecule has 0 aromatic heterocycles. The van der Waals surface area contributed by atoms with Crippen LogP contribution in [0.25, 0.3) is 6.08 Å². The molecule has 3 N–H and O–H groups in total. The molecule has 2 amide bonds. The summed E-state index contributed by atoms with van der Waals surface area (Å²) >= 11 is 0.872. The lowest BCUT2D eigenvalue weighted by Crippen LogP contribution is -2.17. The van der Waals surface area contributed by atoms with Crippen LogP contribution in [0.4, 0.5) is 4.79 Å². The second kappa shape index (κ2) is 7.98. The molecule has 0 unspecified atom stereocenters. The molecule has 0 aliphatic carbocycles. The van der Waals surface area contributed by atoms with Crippen molar-refractivity contribution in [1.82, 2.24) is 5.32 Å². The molecule has 6 nitrogen and oxygen atoms in total. The first-order chi connectivity index (χ1) is 11.5. The third-order valence-corrected chi connectivity index (χ3v) is 3.67. The van der Waals surface area contributed by atoms with Crippen molar-refractivity contribution in [3.05, 3.63) is 64.6 Å². The number of thioether (sulfide) groups is 1. The summed E-state index contributed by atoms with van der Waals surface area (Å²) < 4.78 is 0. The summed E-state index contributed by atoms with van der Waals surface area (Å²) in [6.07, 6.45) is 2.34. The van der Waals surface area contributed by atoms with Gasteiger partial charge in [-0.05, 0) is 59.8 Å². The maximum absolute atomic E-state index is 11.2. The minimum atomic E-state index is -0.377. The lowest BCUT2D eigenvalue weighted by atomic mass is 10.2. The second-order valence-electron chi connectivity index (χ2n) is 4.65. The van der Waals surface area contributed by atoms with Gasteiger partial charge in [0.15, 0.2) is 0 Å². The van der Waals surface area contributed by atoms with Gasteiger partial charge >= 0.3 is 0 Å². The van der Waals surface area contributed by atoms with Gasteiger partial charge in [-0.2, -0.15) is 0 Å². The maximum Gasteiger partial charge on any atom is 0.290 e. The third kappa shape index (κ3) is 4.99. The molecule has 1 aliphatic rings. The molecule has 2 aromatic rings. The number of imide groups is 1. The number of amides is 2. The first-order valence-corrected chi connectivity index (χ1v) is 7.57. The molecule has 1 saturated heterocycles. The van der Waals surface area contributed by atoms with Crippen molar-refractivity contribution in [3.8, 4) is 11.5 Å². The molecule has 1 heterocycles. The van der Waals surface area contributed by atoms with Crippen molar-refractivity contribution in [2.75, 3.05) is 0 Å². The van der Waals surface area contributed by atoms with E-state index in [1.807, 2.05) is 0 Å². The Morgan fingerprint density at radius 1 is 0.833 bits per heavy atom. The largest absolute Gasteiger partial charge is 0.508 e. The van der Waals surface area contributed by atoms with E-state index >= 15 is 0 Å². The van der Waals surface area contributed by atoms with Gasteiger partial charge in [-0.15, -0.1) is 0 Å². The molecule has 0 radical (unpaired) electrons. The first kappa shape index (κ1) is 17.3. The van der Waals surface area contributed by atoms with Crippen molar-refractivity contribution < 1.29 is 24.6 Å². The fourth-order valence-corrected chi connectivity index (χ4v) is 2.38. The summed E-state index contributed by atoms with van der Waals surface area (Å²) in [6.45, 7) is 0. The Labute approximate surface area is 141 Å². The molecular weight excluding hydrogens is 330 g/mol. The number of phenols is 2. The topological polar surface area (TPSA) is 104 Å². The van der Waals surface area contributed by atoms with Gasteiger partial charge in [0.25, 0.3) is 11.1 Å². The highest BCUT2D eigenvalue weighted by atomic mass is 32.2. The summed E-state index contributed by atoms with van der Waals surface area (Å²) in [4.78, 5) is 32.4. The summed E-state index contributed by atoms with van der Waals surface area (Å²) in [7, 11) is 0. The molecule has 24 heavy (non-hydrogen) atoms. The molecule has 122 valence electrons. The van der Waals surface area contributed by atoms with E-state index in [1.54, 1.807) is 30.3 Å². The van der Waals surface area contributed by atoms with E-state index in [2.05, 4.69) is 5.32 Å². The molecular formula is C17H13NO5S. The third-order valence-electron chi connectivity index (χ3n) is 2.86. The molecule has 1 fully saturated rings. The Kier molecular flexibility index (Phi) is 5.75. The van der Waals surface area contributed by atoms with Crippen LogP contribution in [-0.2, 0) is 4.79 Å². The van der Waals surface area contributed by atoms with Crippen LogP contribution in [0.5, 0.6) is 11.5 Å². The Morgan fingerprint density at radius 2 is 1.33 bits per heavy atom. The number of hydrogen-bond acceptors (Lipinski definition) is 6. The van der Waals surface area contributed by atoms with Crippen LogP contribution in [0, 0.1) is 0 Å². The quantitative estimate of drug-likeness (QED) is 0.572. The van der Waals surface area contributed by atoms with Gasteiger partial charge < -0.3 is 10.2 Å². The zero-order valence-electron chi connectivity index (χ0n) is 12.3. The van der Waals surface area contributed by atoms with Crippen LogP contribution in [0.2, 0.25) is 0 Å². The average molecular weight is 343 g/mol. The summed E-state index contributed by atoms with van der Waals surface area (Å²) in [5, 5.41) is 19.6. The van der Waals surface area contributed by atoms with E-state index in [9.17, 15) is 14.4 Å². The summed E-state index contributed by atoms with van der Waals surface area (Å²) in [6, 6.07) is 12.4. The molecule has 0 atom stereocenters. The van der Waals surface area contributed by atoms with Gasteiger partial charge in [-0.3, -0.25) is 19.7 Å². The summed E-state index contributed by atoms with van der Waals surface area (Å²) in [5.41, 5.74) is 1.34. The number of nitrogens with one attached hydrogen (secondary N) is 1. The van der Waals surface area contributed by atoms with Crippen molar-refractivity contribution >= 4 is 35.3 Å². The van der Waals surface area contributed by atoms with Gasteiger partial charge in [0.05, 0.1) is 4.91 Å². The average Bonchev–Trinajstić information content (AvgIpc) is 2.88. The zero-order valence-corrected chi connectivity index (χ0v) is 13.1. The SMILES string of the molecule is O=C1NC(=O)/C(=C/c2ccc(O)cc2)S1.O=Cc1ccc(O)cc1. The molecule has 0 saturated carbocycles. The Morgan fingerprint density at radius 3 is 1.75 bits per heavy atom. The Hall–Kier alpha value is -3.06. The second-order valence-corrected chi connectivity index (χ2v) is 5.67. The van der Waals surface area contributed by atoms with Crippen LogP contribution in [0.15, 0.2) is 53.4 Å². The zero-order chi connectivity index (χ0) is 17.5. The van der Waals surface area contributed by atoms with E-state index in [4.69, 9.17) is 10.2 Å². The monoisotopic (exact) mass is 343 g/mol. The Balaban J connectivity index is 0.000000198. The van der Waals surface area contributed by atoms with Crippen LogP contribution in [0.1, 0.15) is 15.9 Å². The number of carbonyl (C=O) groups is 3. The molecule has 7 heteroatoms. The van der Waals surface area contributed by atoms with Crippen molar-refractivity contribution in [2.45, 2.75) is 0 Å². The van der Waals surface area contributed by atoms with Gasteiger partial charge in [0, 0.05) is 5.56 Å². The number of rotatable bonds is 2. The number of hydrogen-bond donors (Lipinski definition) is 3. The molecule has 1 aliphatic heterocycles. The van der Waals surface area contributed by atoms with Gasteiger partial charge in [-0.1, -0.05) is 12.1 Å². The molecule has 2 aromatic carbocycles. The number of aldehydes is 1. The highest BCUT2D eigenvalue weighted by Crippen LogP contribution is 2.25. The minimum absolute atomic E-state index is 0.164. The maximum atomic E-state index is 11.2. The van der Waals surface area contributed by atoms with E-state index in [-0.39, 0.29) is 22.6 Å². The van der Waals surface area contributed by atoms with Crippen molar-refractivity contribution in [1.29, 1.82) is 0 Å². The fraction of sp³-hybridized carbons (Fsp3) is 0. The smallest absolute Gasteiger partial charge is 0.290 e. The standard InChI is InChI=1S/C10H7NO3S.C7H6O2/c12-7-3-1-6(2-4-7)5-8-9(13)11-10(14)15-8;8-5-6-1-3-7(9)4-2-6/h1-5,12H,(H,11,13,14);1-5,9H/b8-5-;. The lowest BCUT2D eigenvalue weighted by molar-refractivity contribution is -0.115. The van der Waals surface area contributed by atoms with Crippen molar-refractivity contribution in [3.63, 3.8) is 0 Å². The van der Waals surface area contributed by atoms with Gasteiger partial charge in [0.2, 0.25) is 0 Å². The van der Waals surface area contributed by atoms with E-state index in [1.165, 1.54) is 24.3 Å². The van der Waals surface area contributed by atoms with Gasteiger partial charge in [0.1, 0.15) is 17.8 Å². The van der Waals surface area contributed by atoms with Crippen LogP contribution in [-0.4, -0.2) is 27.6 Å². The van der Waals surface area contributed by atoms with E-state index in [0.29, 0.717) is 10.5 Å². The van der Waals surface area contributed by atoms with Crippen LogP contribution >= 0.6 is 11.8 Å². The van der Waals surface area contributed by atoms with Gasteiger partial charge in [-0.25, -0.2) is 0 Å². The Bertz CT molecular complexity index is 782. The number of benzene rings is 2. The normalized spacial score (nSPS) is 14.8. The fourth-order valence-electron chi connectivity index (χ4n) is 1.70. The van der Waals surface area contributed by atoms with Crippen molar-refractivity contribution in [2.24, 2.45) is 0 Å².